The Hall–Kier alpha value is -0.770. The third kappa shape index (κ3) is 4.20. The number of alkyl carbamates (subject to hydrolysis) is 1. The predicted octanol–water partition coefficient (Wildman–Crippen LogP) is 3.70. The highest BCUT2D eigenvalue weighted by atomic mass is 16.6. The average molecular weight is 322 g/mol. The van der Waals surface area contributed by atoms with E-state index in [-0.39, 0.29) is 6.09 Å². The third-order valence-electron chi connectivity index (χ3n) is 6.04. The van der Waals surface area contributed by atoms with E-state index in [1.54, 1.807) is 0 Å². The van der Waals surface area contributed by atoms with Gasteiger partial charge in [0.05, 0.1) is 0 Å². The molecule has 0 aromatic carbocycles. The van der Waals surface area contributed by atoms with Crippen molar-refractivity contribution in [2.75, 3.05) is 6.54 Å². The van der Waals surface area contributed by atoms with Gasteiger partial charge in [0.15, 0.2) is 0 Å². The van der Waals surface area contributed by atoms with Crippen LogP contribution in [0.15, 0.2) is 0 Å². The lowest BCUT2D eigenvalue weighted by Gasteiger charge is -2.55. The Balaban J connectivity index is 1.49. The summed E-state index contributed by atoms with van der Waals surface area (Å²) < 4.78 is 5.34. The Kier molecular flexibility index (Phi) is 4.91. The second-order valence-electron chi connectivity index (χ2n) is 9.11. The van der Waals surface area contributed by atoms with Crippen molar-refractivity contribution in [3.63, 3.8) is 0 Å². The van der Waals surface area contributed by atoms with E-state index in [1.165, 1.54) is 32.1 Å². The Bertz CT molecular complexity index is 402. The fourth-order valence-corrected chi connectivity index (χ4v) is 5.31. The van der Waals surface area contributed by atoms with Gasteiger partial charge in [-0.3, -0.25) is 0 Å². The maximum Gasteiger partial charge on any atom is 0.407 e. The monoisotopic (exact) mass is 322 g/mol. The highest BCUT2D eigenvalue weighted by molar-refractivity contribution is 5.67. The topological polar surface area (TPSA) is 50.4 Å². The minimum absolute atomic E-state index is 0.303. The predicted molar refractivity (Wildman–Crippen MR) is 92.3 cm³/mol. The molecule has 0 saturated heterocycles. The number of carbonyl (C=O) groups is 1. The van der Waals surface area contributed by atoms with Crippen LogP contribution in [-0.2, 0) is 4.74 Å². The summed E-state index contributed by atoms with van der Waals surface area (Å²) in [6.07, 6.45) is 7.96. The molecule has 4 bridgehead atoms. The van der Waals surface area contributed by atoms with Crippen LogP contribution in [-0.4, -0.2) is 30.3 Å². The van der Waals surface area contributed by atoms with Gasteiger partial charge in [0.1, 0.15) is 5.60 Å². The molecule has 23 heavy (non-hydrogen) atoms. The Labute approximate surface area is 141 Å². The molecule has 2 N–H and O–H groups in total. The maximum absolute atomic E-state index is 11.9. The summed E-state index contributed by atoms with van der Waals surface area (Å²) >= 11 is 0. The van der Waals surface area contributed by atoms with Crippen LogP contribution < -0.4 is 10.6 Å². The summed E-state index contributed by atoms with van der Waals surface area (Å²) in [6, 6.07) is 1.03. The highest BCUT2D eigenvalue weighted by Crippen LogP contribution is 2.53. The van der Waals surface area contributed by atoms with Crippen LogP contribution in [0.1, 0.15) is 66.2 Å². The molecule has 4 nitrogen and oxygen atoms in total. The van der Waals surface area contributed by atoms with E-state index >= 15 is 0 Å². The smallest absolute Gasteiger partial charge is 0.407 e. The van der Waals surface area contributed by atoms with Crippen LogP contribution in [0.3, 0.4) is 0 Å². The van der Waals surface area contributed by atoms with Crippen LogP contribution >= 0.6 is 0 Å². The van der Waals surface area contributed by atoms with Crippen molar-refractivity contribution < 1.29 is 9.53 Å². The molecule has 0 spiro atoms. The number of carbonyl (C=O) groups excluding carboxylic acids is 1. The number of nitrogens with one attached hydrogen (secondary N) is 2. The van der Waals surface area contributed by atoms with Crippen molar-refractivity contribution in [2.45, 2.75) is 83.9 Å². The van der Waals surface area contributed by atoms with Gasteiger partial charge < -0.3 is 15.4 Å². The molecule has 1 atom stereocenters. The van der Waals surface area contributed by atoms with E-state index in [9.17, 15) is 4.79 Å². The average Bonchev–Trinajstić information content (AvgIpc) is 2.43. The highest BCUT2D eigenvalue weighted by Gasteiger charge is 2.48. The molecule has 4 aliphatic carbocycles. The van der Waals surface area contributed by atoms with E-state index in [0.717, 1.165) is 30.1 Å². The van der Waals surface area contributed by atoms with Crippen molar-refractivity contribution in [2.24, 2.45) is 23.7 Å². The summed E-state index contributed by atoms with van der Waals surface area (Å²) in [5.74, 6) is 3.77. The summed E-state index contributed by atoms with van der Waals surface area (Å²) in [4.78, 5) is 11.9. The molecule has 0 aromatic heterocycles. The van der Waals surface area contributed by atoms with Gasteiger partial charge in [0.25, 0.3) is 0 Å². The fraction of sp³-hybridized carbons (Fsp3) is 0.947. The van der Waals surface area contributed by atoms with Crippen molar-refractivity contribution in [1.82, 2.24) is 10.6 Å². The first-order chi connectivity index (χ1) is 10.8. The van der Waals surface area contributed by atoms with Crippen molar-refractivity contribution in [3.8, 4) is 0 Å². The molecule has 4 aliphatic rings. The van der Waals surface area contributed by atoms with Crippen LogP contribution in [0.4, 0.5) is 4.79 Å². The number of rotatable bonds is 5. The summed E-state index contributed by atoms with van der Waals surface area (Å²) in [5, 5.41) is 6.84. The lowest BCUT2D eigenvalue weighted by atomic mass is 9.54. The Morgan fingerprint density at radius 3 is 2.13 bits per heavy atom. The molecule has 0 radical (unpaired) electrons. The first-order valence-electron chi connectivity index (χ1n) is 9.57. The van der Waals surface area contributed by atoms with Gasteiger partial charge in [-0.05, 0) is 83.0 Å². The zero-order chi connectivity index (χ0) is 16.6. The normalized spacial score (nSPS) is 36.8. The van der Waals surface area contributed by atoms with E-state index in [0.29, 0.717) is 18.6 Å². The first-order valence-corrected chi connectivity index (χ1v) is 9.57. The molecule has 0 heterocycles. The minimum Gasteiger partial charge on any atom is -0.444 e. The van der Waals surface area contributed by atoms with E-state index in [1.807, 2.05) is 20.8 Å². The fourth-order valence-electron chi connectivity index (χ4n) is 5.31. The minimum atomic E-state index is -0.430. The molecule has 4 fully saturated rings. The first kappa shape index (κ1) is 17.1. The Morgan fingerprint density at radius 2 is 1.65 bits per heavy atom. The molecule has 0 aliphatic heterocycles. The van der Waals surface area contributed by atoms with Gasteiger partial charge in [0, 0.05) is 18.6 Å². The maximum atomic E-state index is 11.9. The van der Waals surface area contributed by atoms with Gasteiger partial charge in [-0.25, -0.2) is 4.79 Å². The molecule has 0 aromatic rings. The lowest BCUT2D eigenvalue weighted by Crippen LogP contribution is -2.58. The zero-order valence-electron chi connectivity index (χ0n) is 15.2. The summed E-state index contributed by atoms with van der Waals surface area (Å²) in [6.45, 7) is 8.56. The van der Waals surface area contributed by atoms with E-state index in [2.05, 4.69) is 17.6 Å². The van der Waals surface area contributed by atoms with Gasteiger partial charge in [0.2, 0.25) is 0 Å². The van der Waals surface area contributed by atoms with Crippen molar-refractivity contribution in [1.29, 1.82) is 0 Å². The number of ether oxygens (including phenoxy) is 1. The molecule has 1 unspecified atom stereocenters. The summed E-state index contributed by atoms with van der Waals surface area (Å²) in [7, 11) is 0. The molecular formula is C19H34N2O2. The van der Waals surface area contributed by atoms with Crippen LogP contribution in [0, 0.1) is 23.7 Å². The van der Waals surface area contributed by atoms with Crippen LogP contribution in [0.25, 0.3) is 0 Å². The van der Waals surface area contributed by atoms with Gasteiger partial charge in [-0.15, -0.1) is 0 Å². The molecule has 4 rings (SSSR count). The third-order valence-corrected chi connectivity index (χ3v) is 6.04. The van der Waals surface area contributed by atoms with Crippen LogP contribution in [0.5, 0.6) is 0 Å². The van der Waals surface area contributed by atoms with E-state index < -0.39 is 5.60 Å². The molecule has 132 valence electrons. The molecule has 4 heteroatoms. The van der Waals surface area contributed by atoms with Crippen molar-refractivity contribution >= 4 is 6.09 Å². The quantitative estimate of drug-likeness (QED) is 0.811. The molecular weight excluding hydrogens is 288 g/mol. The largest absolute Gasteiger partial charge is 0.444 e. The molecule has 1 amide bonds. The Morgan fingerprint density at radius 1 is 1.09 bits per heavy atom. The second-order valence-corrected chi connectivity index (χ2v) is 9.11. The van der Waals surface area contributed by atoms with E-state index in [4.69, 9.17) is 4.74 Å². The standard InChI is InChI=1S/C19H34N2O2/c1-5-16(11-20-18(22)23-19(2,3)4)21-17-14-7-12-6-13(9-14)10-15(17)8-12/h12-17,21H,5-11H2,1-4H3,(H,20,22). The van der Waals surface area contributed by atoms with Crippen LogP contribution in [0.2, 0.25) is 0 Å². The lowest BCUT2D eigenvalue weighted by molar-refractivity contribution is -0.0179. The number of hydrogen-bond donors (Lipinski definition) is 2. The second kappa shape index (κ2) is 6.62. The zero-order valence-corrected chi connectivity index (χ0v) is 15.2. The number of hydrogen-bond acceptors (Lipinski definition) is 3. The van der Waals surface area contributed by atoms with Gasteiger partial charge in [-0.2, -0.15) is 0 Å². The number of amides is 1. The molecule has 4 saturated carbocycles. The van der Waals surface area contributed by atoms with Gasteiger partial charge >= 0.3 is 6.09 Å². The summed E-state index contributed by atoms with van der Waals surface area (Å²) in [5.41, 5.74) is -0.430. The van der Waals surface area contributed by atoms with Gasteiger partial charge in [-0.1, -0.05) is 6.92 Å². The van der Waals surface area contributed by atoms with Crippen molar-refractivity contribution in [3.05, 3.63) is 0 Å². The SMILES string of the molecule is CCC(CNC(=O)OC(C)(C)C)NC1C2CC3CC(C2)CC1C3.